The molecular weight excluding hydrogens is 482 g/mol. The van der Waals surface area contributed by atoms with Crippen molar-refractivity contribution in [1.82, 2.24) is 15.3 Å². The quantitative estimate of drug-likeness (QED) is 0.462. The molecule has 1 atom stereocenters. The van der Waals surface area contributed by atoms with E-state index in [1.165, 1.54) is 0 Å². The summed E-state index contributed by atoms with van der Waals surface area (Å²) in [5.74, 6) is 1.03. The first kappa shape index (κ1) is 26.3. The molecule has 2 heterocycles. The van der Waals surface area contributed by atoms with Crippen LogP contribution in [0.2, 0.25) is 0 Å². The molecule has 1 aromatic carbocycles. The molecule has 2 fully saturated rings. The van der Waals surface area contributed by atoms with E-state index in [2.05, 4.69) is 15.5 Å². The standard InChI is InChI=1S/C25H35N5O5S/c1-17(2)26-24(32)27-20-7-5-19(6-8-20)23-28-21(25(9-10-25)36(33,34)14-4-12-31)15-22(29-23)30-11-13-35-16-18(30)3/h5-8,15,17-18,31H,4,9-14,16H2,1-3H3,(H2,26,27,32)/t18-/m0/s1. The van der Waals surface area contributed by atoms with Gasteiger partial charge in [0.1, 0.15) is 10.6 Å². The molecule has 11 heteroatoms. The van der Waals surface area contributed by atoms with Gasteiger partial charge in [0.2, 0.25) is 0 Å². The largest absolute Gasteiger partial charge is 0.396 e. The van der Waals surface area contributed by atoms with E-state index < -0.39 is 14.6 Å². The highest BCUT2D eigenvalue weighted by atomic mass is 32.2. The molecular formula is C25H35N5O5S. The zero-order chi connectivity index (χ0) is 25.9. The molecule has 196 valence electrons. The summed E-state index contributed by atoms with van der Waals surface area (Å²) < 4.78 is 31.0. The Labute approximate surface area is 212 Å². The smallest absolute Gasteiger partial charge is 0.319 e. The summed E-state index contributed by atoms with van der Waals surface area (Å²) in [6.07, 6.45) is 1.21. The van der Waals surface area contributed by atoms with E-state index in [0.717, 1.165) is 5.56 Å². The molecule has 1 saturated carbocycles. The van der Waals surface area contributed by atoms with Gasteiger partial charge < -0.3 is 25.4 Å². The third-order valence-corrected chi connectivity index (χ3v) is 9.17. The number of morpholine rings is 1. The van der Waals surface area contributed by atoms with Crippen LogP contribution >= 0.6 is 0 Å². The van der Waals surface area contributed by atoms with Crippen LogP contribution in [-0.2, 0) is 19.3 Å². The number of aliphatic hydroxyl groups is 1. The van der Waals surface area contributed by atoms with E-state index in [1.54, 1.807) is 18.2 Å². The Bertz CT molecular complexity index is 1180. The zero-order valence-electron chi connectivity index (χ0n) is 21.0. The predicted octanol–water partition coefficient (Wildman–Crippen LogP) is 2.68. The fourth-order valence-corrected chi connectivity index (χ4v) is 6.48. The van der Waals surface area contributed by atoms with Crippen molar-refractivity contribution in [2.24, 2.45) is 0 Å². The summed E-state index contributed by atoms with van der Waals surface area (Å²) in [7, 11) is -3.50. The molecule has 36 heavy (non-hydrogen) atoms. The number of urea groups is 1. The number of sulfone groups is 1. The van der Waals surface area contributed by atoms with Crippen molar-refractivity contribution in [3.05, 3.63) is 36.0 Å². The second kappa shape index (κ2) is 10.7. The minimum atomic E-state index is -3.50. The summed E-state index contributed by atoms with van der Waals surface area (Å²) in [6, 6.07) is 8.79. The van der Waals surface area contributed by atoms with E-state index in [0.29, 0.717) is 55.6 Å². The lowest BCUT2D eigenvalue weighted by Crippen LogP contribution is -2.44. The van der Waals surface area contributed by atoms with Crippen molar-refractivity contribution in [1.29, 1.82) is 0 Å². The molecule has 2 aliphatic rings. The van der Waals surface area contributed by atoms with Crippen molar-refractivity contribution in [3.8, 4) is 11.4 Å². The highest BCUT2D eigenvalue weighted by Gasteiger charge is 2.56. The second-order valence-electron chi connectivity index (χ2n) is 9.77. The van der Waals surface area contributed by atoms with Crippen LogP contribution < -0.4 is 15.5 Å². The van der Waals surface area contributed by atoms with E-state index in [9.17, 15) is 18.3 Å². The van der Waals surface area contributed by atoms with Crippen LogP contribution in [-0.4, -0.2) is 73.7 Å². The van der Waals surface area contributed by atoms with Gasteiger partial charge in [-0.1, -0.05) is 0 Å². The number of rotatable bonds is 9. The predicted molar refractivity (Wildman–Crippen MR) is 139 cm³/mol. The highest BCUT2D eigenvalue weighted by Crippen LogP contribution is 2.53. The Morgan fingerprint density at radius 1 is 1.25 bits per heavy atom. The third-order valence-electron chi connectivity index (χ3n) is 6.53. The molecule has 0 radical (unpaired) electrons. The number of nitrogens with zero attached hydrogens (tertiary/aromatic N) is 3. The van der Waals surface area contributed by atoms with Gasteiger partial charge in [0, 0.05) is 36.5 Å². The van der Waals surface area contributed by atoms with Gasteiger partial charge in [-0.25, -0.2) is 23.2 Å². The Morgan fingerprint density at radius 3 is 2.58 bits per heavy atom. The Hall–Kier alpha value is -2.76. The Morgan fingerprint density at radius 2 is 1.97 bits per heavy atom. The van der Waals surface area contributed by atoms with Crippen molar-refractivity contribution in [2.75, 3.05) is 42.3 Å². The molecule has 1 aliphatic carbocycles. The van der Waals surface area contributed by atoms with Crippen LogP contribution in [0, 0.1) is 0 Å². The van der Waals surface area contributed by atoms with E-state index in [-0.39, 0.29) is 36.9 Å². The average Bonchev–Trinajstić information content (AvgIpc) is 3.66. The maximum Gasteiger partial charge on any atom is 0.319 e. The monoisotopic (exact) mass is 517 g/mol. The van der Waals surface area contributed by atoms with Gasteiger partial charge in [0.25, 0.3) is 0 Å². The summed E-state index contributed by atoms with van der Waals surface area (Å²) in [5, 5.41) is 14.8. The average molecular weight is 518 g/mol. The molecule has 0 bridgehead atoms. The molecule has 1 aromatic heterocycles. The molecule has 1 saturated heterocycles. The van der Waals surface area contributed by atoms with Crippen LogP contribution in [0.5, 0.6) is 0 Å². The van der Waals surface area contributed by atoms with Crippen LogP contribution in [0.1, 0.15) is 45.7 Å². The normalized spacial score (nSPS) is 19.2. The number of ether oxygens (including phenoxy) is 1. The number of aromatic nitrogens is 2. The highest BCUT2D eigenvalue weighted by molar-refractivity contribution is 7.92. The first-order valence-electron chi connectivity index (χ1n) is 12.4. The second-order valence-corrected chi connectivity index (χ2v) is 12.2. The first-order valence-corrected chi connectivity index (χ1v) is 14.1. The Kier molecular flexibility index (Phi) is 7.82. The fourth-order valence-electron chi connectivity index (χ4n) is 4.43. The molecule has 0 spiro atoms. The van der Waals surface area contributed by atoms with Crippen molar-refractivity contribution in [2.45, 2.75) is 56.9 Å². The van der Waals surface area contributed by atoms with Crippen LogP contribution in [0.15, 0.2) is 30.3 Å². The van der Waals surface area contributed by atoms with Crippen LogP contribution in [0.3, 0.4) is 0 Å². The maximum absolute atomic E-state index is 13.2. The lowest BCUT2D eigenvalue weighted by molar-refractivity contribution is 0.0985. The van der Waals surface area contributed by atoms with Crippen molar-refractivity contribution in [3.63, 3.8) is 0 Å². The zero-order valence-corrected chi connectivity index (χ0v) is 21.8. The molecule has 0 unspecified atom stereocenters. The number of aliphatic hydroxyl groups excluding tert-OH is 1. The summed E-state index contributed by atoms with van der Waals surface area (Å²) in [5.41, 5.74) is 1.84. The van der Waals surface area contributed by atoms with Crippen molar-refractivity contribution >= 4 is 27.4 Å². The molecule has 10 nitrogen and oxygen atoms in total. The number of hydrogen-bond donors (Lipinski definition) is 3. The van der Waals surface area contributed by atoms with E-state index in [1.807, 2.05) is 32.9 Å². The molecule has 4 rings (SSSR count). The van der Waals surface area contributed by atoms with Gasteiger partial charge in [0.15, 0.2) is 15.7 Å². The third kappa shape index (κ3) is 5.63. The lowest BCUT2D eigenvalue weighted by atomic mass is 10.1. The molecule has 3 N–H and O–H groups in total. The summed E-state index contributed by atoms with van der Waals surface area (Å²) in [4.78, 5) is 23.7. The van der Waals surface area contributed by atoms with Gasteiger partial charge in [-0.15, -0.1) is 0 Å². The number of carbonyl (C=O) groups is 1. The van der Waals surface area contributed by atoms with Gasteiger partial charge in [-0.05, 0) is 64.3 Å². The number of amides is 2. The van der Waals surface area contributed by atoms with Crippen molar-refractivity contribution < 1.29 is 23.1 Å². The minimum absolute atomic E-state index is 0.0183. The maximum atomic E-state index is 13.2. The number of nitrogens with one attached hydrogen (secondary N) is 2. The van der Waals surface area contributed by atoms with E-state index in [4.69, 9.17) is 14.7 Å². The number of hydrogen-bond acceptors (Lipinski definition) is 8. The topological polar surface area (TPSA) is 134 Å². The van der Waals surface area contributed by atoms with Gasteiger partial charge in [0.05, 0.1) is 30.7 Å². The van der Waals surface area contributed by atoms with Gasteiger partial charge in [-0.2, -0.15) is 0 Å². The lowest BCUT2D eigenvalue weighted by Gasteiger charge is -2.34. The summed E-state index contributed by atoms with van der Waals surface area (Å²) >= 11 is 0. The molecule has 2 amide bonds. The number of anilines is 2. The van der Waals surface area contributed by atoms with Gasteiger partial charge >= 0.3 is 6.03 Å². The van der Waals surface area contributed by atoms with E-state index >= 15 is 0 Å². The number of benzene rings is 1. The SMILES string of the molecule is CC(C)NC(=O)Nc1ccc(-c2nc(N3CCOC[C@@H]3C)cc(C3(S(=O)(=O)CCCO)CC3)n2)cc1. The molecule has 2 aromatic rings. The van der Waals surface area contributed by atoms with Gasteiger partial charge in [-0.3, -0.25) is 0 Å². The minimum Gasteiger partial charge on any atom is -0.396 e. The summed E-state index contributed by atoms with van der Waals surface area (Å²) in [6.45, 7) is 7.43. The van der Waals surface area contributed by atoms with Crippen LogP contribution in [0.4, 0.5) is 16.3 Å². The Balaban J connectivity index is 1.70. The molecule has 1 aliphatic heterocycles. The number of carbonyl (C=O) groups excluding carboxylic acids is 1. The van der Waals surface area contributed by atoms with Crippen LogP contribution in [0.25, 0.3) is 11.4 Å². The fraction of sp³-hybridized carbons (Fsp3) is 0.560. The first-order chi connectivity index (χ1) is 17.1.